The van der Waals surface area contributed by atoms with Gasteiger partial charge in [0.2, 0.25) is 0 Å². The largest absolute Gasteiger partial charge is 0.311 e. The quantitative estimate of drug-likeness (QED) is 0.803. The first-order valence-electron chi connectivity index (χ1n) is 7.71. The zero-order chi connectivity index (χ0) is 13.7. The van der Waals surface area contributed by atoms with Gasteiger partial charge in [-0.15, -0.1) is 11.3 Å². The smallest absolute Gasteiger partial charge is 0.0982 e. The summed E-state index contributed by atoms with van der Waals surface area (Å²) in [5, 5.41) is 7.01. The van der Waals surface area contributed by atoms with Gasteiger partial charge in [0.15, 0.2) is 0 Å². The van der Waals surface area contributed by atoms with E-state index in [1.807, 2.05) is 0 Å². The van der Waals surface area contributed by atoms with Crippen molar-refractivity contribution in [3.63, 3.8) is 0 Å². The summed E-state index contributed by atoms with van der Waals surface area (Å²) in [7, 11) is 0. The van der Waals surface area contributed by atoms with E-state index >= 15 is 0 Å². The van der Waals surface area contributed by atoms with E-state index in [4.69, 9.17) is 4.98 Å². The third kappa shape index (κ3) is 4.88. The average molecular weight is 280 g/mol. The van der Waals surface area contributed by atoms with Gasteiger partial charge in [0, 0.05) is 17.3 Å². The molecule has 108 valence electrons. The summed E-state index contributed by atoms with van der Waals surface area (Å²) in [6.07, 6.45) is 8.60. The van der Waals surface area contributed by atoms with Crippen LogP contribution in [0.5, 0.6) is 0 Å². The molecule has 0 amide bonds. The Balaban J connectivity index is 1.66. The molecular formula is C16H28N2S. The van der Waals surface area contributed by atoms with E-state index in [9.17, 15) is 0 Å². The monoisotopic (exact) mass is 280 g/mol. The molecule has 0 saturated heterocycles. The van der Waals surface area contributed by atoms with Crippen molar-refractivity contribution in [3.8, 4) is 0 Å². The van der Waals surface area contributed by atoms with Crippen LogP contribution in [0.2, 0.25) is 0 Å². The molecule has 0 unspecified atom stereocenters. The van der Waals surface area contributed by atoms with E-state index < -0.39 is 0 Å². The van der Waals surface area contributed by atoms with Crippen LogP contribution in [0.3, 0.4) is 0 Å². The molecule has 0 radical (unpaired) electrons. The Morgan fingerprint density at radius 2 is 2.00 bits per heavy atom. The highest BCUT2D eigenvalue weighted by molar-refractivity contribution is 7.09. The molecule has 1 aromatic heterocycles. The second-order valence-corrected chi connectivity index (χ2v) is 7.72. The third-order valence-electron chi connectivity index (χ3n) is 3.95. The van der Waals surface area contributed by atoms with E-state index in [0.29, 0.717) is 0 Å². The van der Waals surface area contributed by atoms with Crippen molar-refractivity contribution in [2.45, 2.75) is 71.3 Å². The minimum Gasteiger partial charge on any atom is -0.311 e. The number of thiazole rings is 1. The lowest BCUT2D eigenvalue weighted by molar-refractivity contribution is 0.333. The van der Waals surface area contributed by atoms with Crippen molar-refractivity contribution in [3.05, 3.63) is 16.1 Å². The van der Waals surface area contributed by atoms with Gasteiger partial charge in [0.25, 0.3) is 0 Å². The number of hydrogen-bond acceptors (Lipinski definition) is 3. The molecule has 0 atom stereocenters. The van der Waals surface area contributed by atoms with E-state index in [2.05, 4.69) is 31.5 Å². The Kier molecular flexibility index (Phi) is 5.40. The van der Waals surface area contributed by atoms with Gasteiger partial charge < -0.3 is 5.32 Å². The lowest BCUT2D eigenvalue weighted by atomic mass is 9.87. The lowest BCUT2D eigenvalue weighted by Crippen LogP contribution is -2.19. The molecule has 1 saturated carbocycles. The zero-order valence-corrected chi connectivity index (χ0v) is 13.5. The minimum absolute atomic E-state index is 0.186. The van der Waals surface area contributed by atoms with Gasteiger partial charge in [-0.1, -0.05) is 52.9 Å². The maximum Gasteiger partial charge on any atom is 0.0982 e. The van der Waals surface area contributed by atoms with E-state index in [-0.39, 0.29) is 5.41 Å². The first-order chi connectivity index (χ1) is 9.05. The average Bonchev–Trinajstić information content (AvgIpc) is 2.85. The van der Waals surface area contributed by atoms with Crippen LogP contribution in [-0.4, -0.2) is 11.5 Å². The van der Waals surface area contributed by atoms with Gasteiger partial charge in [-0.25, -0.2) is 4.98 Å². The summed E-state index contributed by atoms with van der Waals surface area (Å²) < 4.78 is 0. The normalized spacial score (nSPS) is 17.8. The van der Waals surface area contributed by atoms with Crippen molar-refractivity contribution >= 4 is 11.3 Å². The van der Waals surface area contributed by atoms with Crippen LogP contribution in [0.25, 0.3) is 0 Å². The van der Waals surface area contributed by atoms with E-state index in [1.54, 1.807) is 11.3 Å². The molecule has 2 nitrogen and oxygen atoms in total. The van der Waals surface area contributed by atoms with Gasteiger partial charge in [0.1, 0.15) is 0 Å². The number of rotatable bonds is 5. The molecule has 1 fully saturated rings. The fourth-order valence-corrected chi connectivity index (χ4v) is 3.64. The van der Waals surface area contributed by atoms with Crippen molar-refractivity contribution in [2.75, 3.05) is 6.54 Å². The Bertz CT molecular complexity index is 372. The van der Waals surface area contributed by atoms with Crippen LogP contribution < -0.4 is 5.32 Å². The highest BCUT2D eigenvalue weighted by atomic mass is 32.1. The Morgan fingerprint density at radius 3 is 2.63 bits per heavy atom. The maximum absolute atomic E-state index is 4.72. The maximum atomic E-state index is 4.72. The van der Waals surface area contributed by atoms with Crippen LogP contribution in [0, 0.1) is 5.92 Å². The Morgan fingerprint density at radius 1 is 1.26 bits per heavy atom. The summed E-state index contributed by atoms with van der Waals surface area (Å²) in [4.78, 5) is 4.72. The summed E-state index contributed by atoms with van der Waals surface area (Å²) in [5.74, 6) is 0.974. The predicted molar refractivity (Wildman–Crippen MR) is 83.7 cm³/mol. The van der Waals surface area contributed by atoms with Gasteiger partial charge in [-0.3, -0.25) is 0 Å². The number of nitrogens with zero attached hydrogens (tertiary/aromatic N) is 1. The third-order valence-corrected chi connectivity index (χ3v) is 5.27. The molecule has 1 aliphatic rings. The molecule has 1 aromatic rings. The van der Waals surface area contributed by atoms with Gasteiger partial charge in [-0.2, -0.15) is 0 Å². The predicted octanol–water partition coefficient (Wildman–Crippen LogP) is 4.50. The molecular weight excluding hydrogens is 252 g/mol. The molecule has 2 rings (SSSR count). The summed E-state index contributed by atoms with van der Waals surface area (Å²) in [6.45, 7) is 8.76. The first kappa shape index (κ1) is 15.0. The van der Waals surface area contributed by atoms with Crippen molar-refractivity contribution in [2.24, 2.45) is 5.92 Å². The molecule has 0 aromatic carbocycles. The first-order valence-corrected chi connectivity index (χ1v) is 8.59. The number of aromatic nitrogens is 1. The van der Waals surface area contributed by atoms with Crippen molar-refractivity contribution in [1.29, 1.82) is 0 Å². The lowest BCUT2D eigenvalue weighted by Gasteiger charge is -2.21. The molecule has 19 heavy (non-hydrogen) atoms. The van der Waals surface area contributed by atoms with Crippen LogP contribution in [-0.2, 0) is 12.0 Å². The van der Waals surface area contributed by atoms with Crippen LogP contribution in [0.15, 0.2) is 5.38 Å². The van der Waals surface area contributed by atoms with Gasteiger partial charge in [0.05, 0.1) is 10.7 Å². The van der Waals surface area contributed by atoms with E-state index in [0.717, 1.165) is 19.0 Å². The fourth-order valence-electron chi connectivity index (χ4n) is 2.73. The highest BCUT2D eigenvalue weighted by Gasteiger charge is 2.18. The molecule has 0 bridgehead atoms. The number of hydrogen-bond donors (Lipinski definition) is 1. The molecule has 1 aliphatic carbocycles. The fraction of sp³-hybridized carbons (Fsp3) is 0.812. The highest BCUT2D eigenvalue weighted by Crippen LogP contribution is 2.26. The van der Waals surface area contributed by atoms with Crippen LogP contribution in [0.4, 0.5) is 0 Å². The molecule has 0 spiro atoms. The standard InChI is InChI=1S/C16H28N2S/c1-16(2,3)15-18-14(12-19-15)11-17-10-9-13-7-5-4-6-8-13/h12-13,17H,4-11H2,1-3H3. The number of nitrogens with one attached hydrogen (secondary N) is 1. The molecule has 1 heterocycles. The summed E-state index contributed by atoms with van der Waals surface area (Å²) in [5.41, 5.74) is 1.39. The van der Waals surface area contributed by atoms with Crippen LogP contribution >= 0.6 is 11.3 Å². The minimum atomic E-state index is 0.186. The zero-order valence-electron chi connectivity index (χ0n) is 12.7. The SMILES string of the molecule is CC(C)(C)c1nc(CNCCC2CCCCC2)cs1. The summed E-state index contributed by atoms with van der Waals surface area (Å²) in [6, 6.07) is 0. The van der Waals surface area contributed by atoms with Crippen LogP contribution in [0.1, 0.15) is 70.0 Å². The van der Waals surface area contributed by atoms with Crippen molar-refractivity contribution < 1.29 is 0 Å². The van der Waals surface area contributed by atoms with E-state index in [1.165, 1.54) is 49.2 Å². The topological polar surface area (TPSA) is 24.9 Å². The Labute approximate surface area is 122 Å². The van der Waals surface area contributed by atoms with Gasteiger partial charge >= 0.3 is 0 Å². The molecule has 3 heteroatoms. The Hall–Kier alpha value is -0.410. The second-order valence-electron chi connectivity index (χ2n) is 6.86. The summed E-state index contributed by atoms with van der Waals surface area (Å²) >= 11 is 1.79. The van der Waals surface area contributed by atoms with Gasteiger partial charge in [-0.05, 0) is 18.9 Å². The second kappa shape index (κ2) is 6.85. The molecule has 1 N–H and O–H groups in total. The molecule has 0 aliphatic heterocycles. The van der Waals surface area contributed by atoms with Crippen molar-refractivity contribution in [1.82, 2.24) is 10.3 Å².